The third kappa shape index (κ3) is 4.16. The van der Waals surface area contributed by atoms with E-state index in [0.29, 0.717) is 12.6 Å². The Balaban J connectivity index is 2.26. The highest BCUT2D eigenvalue weighted by Gasteiger charge is 2.07. The lowest BCUT2D eigenvalue weighted by Gasteiger charge is -2.13. The van der Waals surface area contributed by atoms with Gasteiger partial charge in [-0.2, -0.15) is 5.10 Å². The first-order valence-corrected chi connectivity index (χ1v) is 7.01. The van der Waals surface area contributed by atoms with Crippen molar-refractivity contribution in [1.82, 2.24) is 15.1 Å². The van der Waals surface area contributed by atoms with E-state index in [1.165, 1.54) is 10.7 Å². The van der Waals surface area contributed by atoms with Crippen LogP contribution in [0.25, 0.3) is 0 Å². The minimum atomic E-state index is -0.120. The number of methoxy groups -OCH3 is 1. The van der Waals surface area contributed by atoms with Gasteiger partial charge in [-0.25, -0.2) is 4.68 Å². The molecule has 0 amide bonds. The van der Waals surface area contributed by atoms with Crippen LogP contribution in [0.1, 0.15) is 25.0 Å². The molecule has 5 nitrogen and oxygen atoms in total. The summed E-state index contributed by atoms with van der Waals surface area (Å²) >= 11 is 0. The zero-order chi connectivity index (χ0) is 15.2. The average molecular weight is 287 g/mol. The molecule has 1 N–H and O–H groups in total. The molecule has 0 spiro atoms. The minimum absolute atomic E-state index is 0.120. The number of rotatable bonds is 6. The monoisotopic (exact) mass is 287 g/mol. The van der Waals surface area contributed by atoms with Gasteiger partial charge in [0.15, 0.2) is 0 Å². The number of ether oxygens (including phenoxy) is 1. The summed E-state index contributed by atoms with van der Waals surface area (Å²) in [7, 11) is 1.63. The standard InChI is InChI=1S/C16H21N3O2/c1-12(2)17-10-13-6-7-15(21-3)14(9-13)11-19-16(20)5-4-8-18-19/h4-9,12,17H,10-11H2,1-3H3. The maximum atomic E-state index is 11.8. The van der Waals surface area contributed by atoms with E-state index in [4.69, 9.17) is 4.74 Å². The Kier molecular flexibility index (Phi) is 5.11. The van der Waals surface area contributed by atoms with E-state index >= 15 is 0 Å². The second-order valence-electron chi connectivity index (χ2n) is 5.20. The third-order valence-electron chi connectivity index (χ3n) is 3.16. The molecule has 112 valence electrons. The summed E-state index contributed by atoms with van der Waals surface area (Å²) in [4.78, 5) is 11.8. The minimum Gasteiger partial charge on any atom is -0.496 e. The first kappa shape index (κ1) is 15.3. The van der Waals surface area contributed by atoms with Gasteiger partial charge in [0.1, 0.15) is 5.75 Å². The van der Waals surface area contributed by atoms with Crippen LogP contribution < -0.4 is 15.6 Å². The third-order valence-corrected chi connectivity index (χ3v) is 3.16. The molecule has 0 unspecified atom stereocenters. The number of benzene rings is 1. The van der Waals surface area contributed by atoms with Crippen LogP contribution in [-0.4, -0.2) is 22.9 Å². The number of nitrogens with one attached hydrogen (secondary N) is 1. The smallest absolute Gasteiger partial charge is 0.267 e. The van der Waals surface area contributed by atoms with E-state index in [2.05, 4.69) is 30.3 Å². The van der Waals surface area contributed by atoms with Gasteiger partial charge in [-0.05, 0) is 23.8 Å². The van der Waals surface area contributed by atoms with E-state index in [1.807, 2.05) is 12.1 Å². The largest absolute Gasteiger partial charge is 0.496 e. The van der Waals surface area contributed by atoms with Crippen molar-refractivity contribution in [1.29, 1.82) is 0 Å². The van der Waals surface area contributed by atoms with Gasteiger partial charge in [0.05, 0.1) is 13.7 Å². The molecular weight excluding hydrogens is 266 g/mol. The van der Waals surface area contributed by atoms with Crippen LogP contribution in [0.5, 0.6) is 5.75 Å². The van der Waals surface area contributed by atoms with Crippen molar-refractivity contribution in [2.45, 2.75) is 33.0 Å². The molecule has 21 heavy (non-hydrogen) atoms. The lowest BCUT2D eigenvalue weighted by Crippen LogP contribution is -2.23. The zero-order valence-corrected chi connectivity index (χ0v) is 12.7. The van der Waals surface area contributed by atoms with Gasteiger partial charge in [-0.1, -0.05) is 19.9 Å². The van der Waals surface area contributed by atoms with Gasteiger partial charge in [-0.3, -0.25) is 4.79 Å². The number of nitrogens with zero attached hydrogens (tertiary/aromatic N) is 2. The Hall–Kier alpha value is -2.14. The highest BCUT2D eigenvalue weighted by Crippen LogP contribution is 2.20. The molecule has 1 aromatic heterocycles. The molecule has 0 aliphatic carbocycles. The van der Waals surface area contributed by atoms with Crippen LogP contribution in [0.4, 0.5) is 0 Å². The Morgan fingerprint density at radius 1 is 1.33 bits per heavy atom. The highest BCUT2D eigenvalue weighted by atomic mass is 16.5. The van der Waals surface area contributed by atoms with E-state index in [9.17, 15) is 4.79 Å². The Bertz CT molecular complexity index is 650. The molecule has 1 heterocycles. The fraction of sp³-hybridized carbons (Fsp3) is 0.375. The van der Waals surface area contributed by atoms with Gasteiger partial charge < -0.3 is 10.1 Å². The predicted octanol–water partition coefficient (Wildman–Crippen LogP) is 1.80. The van der Waals surface area contributed by atoms with Crippen molar-refractivity contribution in [3.05, 3.63) is 58.0 Å². The second-order valence-corrected chi connectivity index (χ2v) is 5.20. The molecule has 0 aliphatic heterocycles. The van der Waals surface area contributed by atoms with Crippen LogP contribution in [0, 0.1) is 0 Å². The van der Waals surface area contributed by atoms with Gasteiger partial charge in [-0.15, -0.1) is 0 Å². The Morgan fingerprint density at radius 2 is 2.14 bits per heavy atom. The lowest BCUT2D eigenvalue weighted by atomic mass is 10.1. The van der Waals surface area contributed by atoms with Gasteiger partial charge in [0.2, 0.25) is 0 Å². The Labute approximate surface area is 124 Å². The van der Waals surface area contributed by atoms with Crippen molar-refractivity contribution in [2.24, 2.45) is 0 Å². The van der Waals surface area contributed by atoms with Gasteiger partial charge in [0, 0.05) is 30.4 Å². The Morgan fingerprint density at radius 3 is 2.81 bits per heavy atom. The topological polar surface area (TPSA) is 56.1 Å². The summed E-state index contributed by atoms with van der Waals surface area (Å²) in [5, 5.41) is 7.46. The van der Waals surface area contributed by atoms with E-state index in [0.717, 1.165) is 23.4 Å². The zero-order valence-electron chi connectivity index (χ0n) is 12.7. The van der Waals surface area contributed by atoms with Crippen LogP contribution in [0.3, 0.4) is 0 Å². The molecule has 2 aromatic rings. The molecule has 0 saturated carbocycles. The molecule has 5 heteroatoms. The molecule has 0 radical (unpaired) electrons. The van der Waals surface area contributed by atoms with E-state index in [1.54, 1.807) is 19.4 Å². The molecule has 0 atom stereocenters. The molecule has 0 bridgehead atoms. The molecule has 0 fully saturated rings. The van der Waals surface area contributed by atoms with Crippen molar-refractivity contribution in [3.8, 4) is 5.75 Å². The number of hydrogen-bond acceptors (Lipinski definition) is 4. The first-order valence-electron chi connectivity index (χ1n) is 7.01. The fourth-order valence-corrected chi connectivity index (χ4v) is 2.05. The maximum absolute atomic E-state index is 11.8. The maximum Gasteiger partial charge on any atom is 0.267 e. The predicted molar refractivity (Wildman–Crippen MR) is 82.6 cm³/mol. The van der Waals surface area contributed by atoms with E-state index < -0.39 is 0 Å². The molecule has 2 rings (SSSR count). The normalized spacial score (nSPS) is 10.9. The van der Waals surface area contributed by atoms with E-state index in [-0.39, 0.29) is 5.56 Å². The second kappa shape index (κ2) is 7.04. The SMILES string of the molecule is COc1ccc(CNC(C)C)cc1Cn1ncccc1=O. The molecular formula is C16H21N3O2. The molecule has 1 aromatic carbocycles. The first-order chi connectivity index (χ1) is 10.1. The summed E-state index contributed by atoms with van der Waals surface area (Å²) in [6.07, 6.45) is 1.61. The summed E-state index contributed by atoms with van der Waals surface area (Å²) < 4.78 is 6.80. The molecule has 0 saturated heterocycles. The van der Waals surface area contributed by atoms with Crippen molar-refractivity contribution < 1.29 is 4.74 Å². The summed E-state index contributed by atoms with van der Waals surface area (Å²) in [5.41, 5.74) is 1.98. The molecule has 0 aliphatic rings. The average Bonchev–Trinajstić information content (AvgIpc) is 2.47. The number of aromatic nitrogens is 2. The highest BCUT2D eigenvalue weighted by molar-refractivity contribution is 5.37. The lowest BCUT2D eigenvalue weighted by molar-refractivity contribution is 0.406. The van der Waals surface area contributed by atoms with Crippen molar-refractivity contribution in [2.75, 3.05) is 7.11 Å². The summed E-state index contributed by atoms with van der Waals surface area (Å²) in [5.74, 6) is 0.765. The fourth-order valence-electron chi connectivity index (χ4n) is 2.05. The van der Waals surface area contributed by atoms with Crippen LogP contribution in [-0.2, 0) is 13.1 Å². The van der Waals surface area contributed by atoms with Crippen LogP contribution >= 0.6 is 0 Å². The summed E-state index contributed by atoms with van der Waals surface area (Å²) in [6, 6.07) is 9.58. The van der Waals surface area contributed by atoms with Crippen LogP contribution in [0.15, 0.2) is 41.3 Å². The van der Waals surface area contributed by atoms with Gasteiger partial charge in [0.25, 0.3) is 5.56 Å². The van der Waals surface area contributed by atoms with Crippen molar-refractivity contribution in [3.63, 3.8) is 0 Å². The quantitative estimate of drug-likeness (QED) is 0.880. The van der Waals surface area contributed by atoms with Gasteiger partial charge >= 0.3 is 0 Å². The van der Waals surface area contributed by atoms with Crippen LogP contribution in [0.2, 0.25) is 0 Å². The summed E-state index contributed by atoms with van der Waals surface area (Å²) in [6.45, 7) is 5.40. The van der Waals surface area contributed by atoms with Crippen molar-refractivity contribution >= 4 is 0 Å². The number of hydrogen-bond donors (Lipinski definition) is 1.